The van der Waals surface area contributed by atoms with Gasteiger partial charge in [-0.1, -0.05) is 39.4 Å². The van der Waals surface area contributed by atoms with Crippen molar-refractivity contribution < 1.29 is 9.90 Å². The number of aromatic nitrogens is 1. The molecule has 2 aromatic rings. The second-order valence-corrected chi connectivity index (χ2v) is 4.99. The van der Waals surface area contributed by atoms with Gasteiger partial charge < -0.3 is 10.8 Å². The summed E-state index contributed by atoms with van der Waals surface area (Å²) >= 11 is 4.29. The van der Waals surface area contributed by atoms with Gasteiger partial charge in [-0.3, -0.25) is 0 Å². The minimum atomic E-state index is -1.01. The summed E-state index contributed by atoms with van der Waals surface area (Å²) in [6.07, 6.45) is 0. The summed E-state index contributed by atoms with van der Waals surface area (Å²) in [6.45, 7) is 0. The molecule has 82 valence electrons. The molecule has 0 unspecified atom stereocenters. The molecule has 0 saturated heterocycles. The zero-order valence-corrected chi connectivity index (χ0v) is 10.4. The van der Waals surface area contributed by atoms with Crippen molar-refractivity contribution in [2.24, 2.45) is 0 Å². The van der Waals surface area contributed by atoms with Crippen molar-refractivity contribution in [1.29, 1.82) is 0 Å². The standard InChI is InChI=1S/C10H7BrN2O2S/c11-6-3-1-5(2-4-6)7-8(9(14)15)16-10(12)13-7/h1-4H,(H2,12,13)(H,14,15). The smallest absolute Gasteiger partial charge is 0.348 e. The number of anilines is 1. The molecule has 0 bridgehead atoms. The number of nitrogens with zero attached hydrogens (tertiary/aromatic N) is 1. The zero-order chi connectivity index (χ0) is 11.7. The average Bonchev–Trinajstić information content (AvgIpc) is 2.61. The summed E-state index contributed by atoms with van der Waals surface area (Å²) < 4.78 is 0.927. The van der Waals surface area contributed by atoms with E-state index in [4.69, 9.17) is 10.8 Å². The fourth-order valence-corrected chi connectivity index (χ4v) is 2.24. The second kappa shape index (κ2) is 4.23. The van der Waals surface area contributed by atoms with Crippen molar-refractivity contribution in [2.45, 2.75) is 0 Å². The Bertz CT molecular complexity index is 536. The Morgan fingerprint density at radius 1 is 1.38 bits per heavy atom. The number of nitrogens with two attached hydrogens (primary N) is 1. The fraction of sp³-hybridized carbons (Fsp3) is 0. The molecule has 0 aliphatic heterocycles. The molecular weight excluding hydrogens is 292 g/mol. The van der Waals surface area contributed by atoms with Gasteiger partial charge in [0.05, 0.1) is 5.69 Å². The molecule has 0 atom stereocenters. The topological polar surface area (TPSA) is 76.2 Å². The van der Waals surface area contributed by atoms with Gasteiger partial charge in [-0.15, -0.1) is 0 Å². The molecule has 0 aliphatic carbocycles. The first-order valence-corrected chi connectivity index (χ1v) is 5.94. The molecular formula is C10H7BrN2O2S. The molecule has 3 N–H and O–H groups in total. The van der Waals surface area contributed by atoms with Crippen LogP contribution < -0.4 is 5.73 Å². The lowest BCUT2D eigenvalue weighted by Crippen LogP contribution is -1.95. The highest BCUT2D eigenvalue weighted by atomic mass is 79.9. The molecule has 0 radical (unpaired) electrons. The summed E-state index contributed by atoms with van der Waals surface area (Å²) in [5.41, 5.74) is 6.68. The summed E-state index contributed by atoms with van der Waals surface area (Å²) in [5.74, 6) is -1.01. The van der Waals surface area contributed by atoms with E-state index in [-0.39, 0.29) is 10.0 Å². The maximum absolute atomic E-state index is 11.0. The minimum Gasteiger partial charge on any atom is -0.477 e. The van der Waals surface area contributed by atoms with Gasteiger partial charge in [-0.2, -0.15) is 0 Å². The number of carbonyl (C=O) groups is 1. The number of aromatic carboxylic acids is 1. The summed E-state index contributed by atoms with van der Waals surface area (Å²) in [6, 6.07) is 7.25. The Balaban J connectivity index is 2.55. The van der Waals surface area contributed by atoms with Crippen LogP contribution in [0.25, 0.3) is 11.3 Å². The maximum atomic E-state index is 11.0. The van der Waals surface area contributed by atoms with Crippen LogP contribution in [0.5, 0.6) is 0 Å². The summed E-state index contributed by atoms with van der Waals surface area (Å²) in [7, 11) is 0. The van der Waals surface area contributed by atoms with Crippen molar-refractivity contribution in [3.8, 4) is 11.3 Å². The molecule has 0 aliphatic rings. The normalized spacial score (nSPS) is 10.3. The van der Waals surface area contributed by atoms with Crippen LogP contribution in [-0.4, -0.2) is 16.1 Å². The van der Waals surface area contributed by atoms with Gasteiger partial charge in [0.1, 0.15) is 4.88 Å². The predicted molar refractivity (Wildman–Crippen MR) is 66.6 cm³/mol. The third-order valence-electron chi connectivity index (χ3n) is 1.96. The molecule has 0 saturated carbocycles. The van der Waals surface area contributed by atoms with Crippen molar-refractivity contribution in [3.63, 3.8) is 0 Å². The van der Waals surface area contributed by atoms with Crippen LogP contribution in [-0.2, 0) is 0 Å². The third kappa shape index (κ3) is 2.07. The van der Waals surface area contributed by atoms with Crippen LogP contribution in [0, 0.1) is 0 Å². The first kappa shape index (κ1) is 11.1. The van der Waals surface area contributed by atoms with Crippen LogP contribution in [0.15, 0.2) is 28.7 Å². The van der Waals surface area contributed by atoms with Gasteiger partial charge >= 0.3 is 5.97 Å². The quantitative estimate of drug-likeness (QED) is 0.894. The van der Waals surface area contributed by atoms with E-state index >= 15 is 0 Å². The number of halogens is 1. The molecule has 1 aromatic carbocycles. The Morgan fingerprint density at radius 2 is 2.00 bits per heavy atom. The number of benzene rings is 1. The van der Waals surface area contributed by atoms with Crippen molar-refractivity contribution in [1.82, 2.24) is 4.98 Å². The number of nitrogen functional groups attached to an aromatic ring is 1. The Morgan fingerprint density at radius 3 is 2.56 bits per heavy atom. The first-order chi connectivity index (χ1) is 7.58. The van der Waals surface area contributed by atoms with Crippen LogP contribution >= 0.6 is 27.3 Å². The predicted octanol–water partition coefficient (Wildman–Crippen LogP) is 2.85. The van der Waals surface area contributed by atoms with Crippen molar-refractivity contribution in [3.05, 3.63) is 33.6 Å². The van der Waals surface area contributed by atoms with E-state index in [2.05, 4.69) is 20.9 Å². The van der Waals surface area contributed by atoms with E-state index < -0.39 is 5.97 Å². The van der Waals surface area contributed by atoms with Crippen LogP contribution in [0.4, 0.5) is 5.13 Å². The highest BCUT2D eigenvalue weighted by Gasteiger charge is 2.17. The van der Waals surface area contributed by atoms with Gasteiger partial charge in [-0.25, -0.2) is 9.78 Å². The second-order valence-electron chi connectivity index (χ2n) is 3.04. The fourth-order valence-electron chi connectivity index (χ4n) is 1.29. The minimum absolute atomic E-state index is 0.167. The largest absolute Gasteiger partial charge is 0.477 e. The first-order valence-electron chi connectivity index (χ1n) is 4.33. The van der Waals surface area contributed by atoms with Crippen LogP contribution in [0.2, 0.25) is 0 Å². The van der Waals surface area contributed by atoms with Gasteiger partial charge in [-0.05, 0) is 12.1 Å². The van der Waals surface area contributed by atoms with E-state index in [0.717, 1.165) is 21.4 Å². The number of hydrogen-bond acceptors (Lipinski definition) is 4. The highest BCUT2D eigenvalue weighted by Crippen LogP contribution is 2.30. The van der Waals surface area contributed by atoms with Crippen molar-refractivity contribution >= 4 is 38.4 Å². The monoisotopic (exact) mass is 298 g/mol. The van der Waals surface area contributed by atoms with Crippen molar-refractivity contribution in [2.75, 3.05) is 5.73 Å². The maximum Gasteiger partial charge on any atom is 0.348 e. The number of hydrogen-bond donors (Lipinski definition) is 2. The van der Waals surface area contributed by atoms with Crippen LogP contribution in [0.3, 0.4) is 0 Å². The SMILES string of the molecule is Nc1nc(-c2ccc(Br)cc2)c(C(=O)O)s1. The lowest BCUT2D eigenvalue weighted by molar-refractivity contribution is 0.0702. The lowest BCUT2D eigenvalue weighted by atomic mass is 10.1. The summed E-state index contributed by atoms with van der Waals surface area (Å²) in [4.78, 5) is 15.2. The Labute approximate surface area is 104 Å². The highest BCUT2D eigenvalue weighted by molar-refractivity contribution is 9.10. The van der Waals surface area contributed by atoms with E-state index in [0.29, 0.717) is 5.69 Å². The molecule has 0 amide bonds. The van der Waals surface area contributed by atoms with E-state index in [1.165, 1.54) is 0 Å². The molecule has 1 heterocycles. The van der Waals surface area contributed by atoms with E-state index in [1.807, 2.05) is 12.1 Å². The van der Waals surface area contributed by atoms with Crippen LogP contribution in [0.1, 0.15) is 9.67 Å². The number of carboxylic acid groups (broad SMARTS) is 1. The molecule has 1 aromatic heterocycles. The van der Waals surface area contributed by atoms with E-state index in [9.17, 15) is 4.79 Å². The van der Waals surface area contributed by atoms with Gasteiger partial charge in [0, 0.05) is 10.0 Å². The molecule has 4 nitrogen and oxygen atoms in total. The Kier molecular flexibility index (Phi) is 2.93. The number of rotatable bonds is 2. The summed E-state index contributed by atoms with van der Waals surface area (Å²) in [5, 5.41) is 9.26. The number of carboxylic acids is 1. The lowest BCUT2D eigenvalue weighted by Gasteiger charge is -1.98. The van der Waals surface area contributed by atoms with Gasteiger partial charge in [0.15, 0.2) is 5.13 Å². The van der Waals surface area contributed by atoms with Gasteiger partial charge in [0.2, 0.25) is 0 Å². The number of thiazole rings is 1. The van der Waals surface area contributed by atoms with E-state index in [1.54, 1.807) is 12.1 Å². The molecule has 0 spiro atoms. The molecule has 2 rings (SSSR count). The third-order valence-corrected chi connectivity index (χ3v) is 3.36. The molecule has 6 heteroatoms. The van der Waals surface area contributed by atoms with Gasteiger partial charge in [0.25, 0.3) is 0 Å². The Hall–Kier alpha value is -1.40. The zero-order valence-electron chi connectivity index (χ0n) is 7.98. The molecule has 0 fully saturated rings. The molecule has 16 heavy (non-hydrogen) atoms. The average molecular weight is 299 g/mol.